The van der Waals surface area contributed by atoms with Gasteiger partial charge in [-0.05, 0) is 66.6 Å². The molecular formula is C25H28F2N4O3. The quantitative estimate of drug-likeness (QED) is 0.246. The van der Waals surface area contributed by atoms with E-state index in [1.165, 1.54) is 39.7 Å². The first kappa shape index (κ1) is 25.0. The lowest BCUT2D eigenvalue weighted by molar-refractivity contribution is -0.114. The number of anilines is 1. The second-order valence-electron chi connectivity index (χ2n) is 8.28. The number of hydrogen-bond acceptors (Lipinski definition) is 5. The van der Waals surface area contributed by atoms with Gasteiger partial charge in [-0.15, -0.1) is 0 Å². The van der Waals surface area contributed by atoms with Gasteiger partial charge in [0.15, 0.2) is 5.84 Å². The number of aliphatic hydroxyl groups is 1. The zero-order valence-corrected chi connectivity index (χ0v) is 19.8. The number of hydrogen-bond donors (Lipinski definition) is 1. The number of likely N-dealkylation sites (N-methyl/N-ethyl adjacent to an activating group) is 1. The van der Waals surface area contributed by atoms with E-state index in [1.54, 1.807) is 26.1 Å². The number of carbonyl (C=O) groups is 1. The molecule has 180 valence electrons. The molecule has 0 radical (unpaired) electrons. The Morgan fingerprint density at radius 2 is 1.91 bits per heavy atom. The molecule has 0 aliphatic rings. The van der Waals surface area contributed by atoms with Crippen molar-refractivity contribution in [2.45, 2.75) is 33.6 Å². The van der Waals surface area contributed by atoms with Crippen LogP contribution in [-0.2, 0) is 4.79 Å². The number of carbonyl (C=O) groups excluding carboxylic acids is 1. The van der Waals surface area contributed by atoms with Crippen LogP contribution in [0.5, 0.6) is 0 Å². The molecule has 0 saturated carbocycles. The summed E-state index contributed by atoms with van der Waals surface area (Å²) in [5.74, 6) is -1.05. The van der Waals surface area contributed by atoms with Gasteiger partial charge in [0.05, 0.1) is 16.8 Å². The van der Waals surface area contributed by atoms with Crippen LogP contribution < -0.4 is 10.6 Å². The summed E-state index contributed by atoms with van der Waals surface area (Å²) in [7, 11) is 1.50. The van der Waals surface area contributed by atoms with Gasteiger partial charge in [-0.3, -0.25) is 24.1 Å². The summed E-state index contributed by atoms with van der Waals surface area (Å²) in [5, 5.41) is 15.8. The molecule has 3 rings (SSSR count). The summed E-state index contributed by atoms with van der Waals surface area (Å²) in [6, 6.07) is 6.85. The minimum Gasteiger partial charge on any atom is -0.388 e. The second-order valence-corrected chi connectivity index (χ2v) is 8.28. The van der Waals surface area contributed by atoms with Crippen molar-refractivity contribution in [3.05, 3.63) is 69.6 Å². The lowest BCUT2D eigenvalue weighted by atomic mass is 9.97. The zero-order chi connectivity index (χ0) is 25.2. The van der Waals surface area contributed by atoms with E-state index >= 15 is 4.39 Å². The summed E-state index contributed by atoms with van der Waals surface area (Å²) < 4.78 is 30.2. The van der Waals surface area contributed by atoms with E-state index in [2.05, 4.69) is 5.10 Å². The van der Waals surface area contributed by atoms with Crippen molar-refractivity contribution in [3.63, 3.8) is 0 Å². The largest absolute Gasteiger partial charge is 0.388 e. The lowest BCUT2D eigenvalue weighted by Crippen LogP contribution is -2.34. The van der Waals surface area contributed by atoms with Crippen LogP contribution in [0.15, 0.2) is 46.4 Å². The third-order valence-electron chi connectivity index (χ3n) is 5.71. The normalized spacial score (nSPS) is 11.9. The van der Waals surface area contributed by atoms with E-state index in [1.807, 2.05) is 13.8 Å². The summed E-state index contributed by atoms with van der Waals surface area (Å²) in [5.41, 5.74) is 1.54. The molecule has 3 aromatic rings. The number of rotatable bonds is 7. The molecule has 7 nitrogen and oxygen atoms in total. The van der Waals surface area contributed by atoms with E-state index in [9.17, 15) is 19.1 Å². The van der Waals surface area contributed by atoms with Gasteiger partial charge in [0.2, 0.25) is 6.41 Å². The molecular weight excluding hydrogens is 442 g/mol. The summed E-state index contributed by atoms with van der Waals surface area (Å²) in [6.45, 7) is 7.12. The number of aliphatic hydroxyl groups excluding tert-OH is 1. The van der Waals surface area contributed by atoms with Crippen LogP contribution in [0.3, 0.4) is 0 Å². The molecule has 1 amide bonds. The summed E-state index contributed by atoms with van der Waals surface area (Å²) >= 11 is 0. The second kappa shape index (κ2) is 10.1. The van der Waals surface area contributed by atoms with E-state index in [-0.39, 0.29) is 29.4 Å². The maximum absolute atomic E-state index is 15.2. The third kappa shape index (κ3) is 4.70. The lowest BCUT2D eigenvalue weighted by Gasteiger charge is -2.22. The number of halogens is 2. The molecule has 0 fully saturated rings. The molecule has 1 N–H and O–H groups in total. The molecule has 0 aliphatic heterocycles. The maximum Gasteiger partial charge on any atom is 0.263 e. The average molecular weight is 471 g/mol. The Kier molecular flexibility index (Phi) is 7.46. The van der Waals surface area contributed by atoms with Crippen LogP contribution in [0, 0.1) is 18.6 Å². The van der Waals surface area contributed by atoms with Crippen molar-refractivity contribution in [1.82, 2.24) is 9.47 Å². The number of benzene rings is 2. The first-order chi connectivity index (χ1) is 16.1. The van der Waals surface area contributed by atoms with E-state index in [4.69, 9.17) is 0 Å². The number of aryl methyl sites for hydroxylation is 1. The highest BCUT2D eigenvalue weighted by Crippen LogP contribution is 2.31. The number of fused-ring (bicyclic) bond motifs is 1. The standard InChI is InChI=1S/C25H28F2N4O3/c1-6-30(14-33)24(13-32)28-29(5)23-11-18-19(10-21(23)27)25(34)31(12-20(18)15(2)3)22-8-7-17(26)9-16(22)4/h7-12,14-15,32H,6,13H2,1-5H3/b28-24-. The molecule has 2 aromatic carbocycles. The Morgan fingerprint density at radius 3 is 2.47 bits per heavy atom. The number of aromatic nitrogens is 1. The Hall–Kier alpha value is -3.59. The molecule has 0 spiro atoms. The topological polar surface area (TPSA) is 78.1 Å². The maximum atomic E-state index is 15.2. The van der Waals surface area contributed by atoms with Gasteiger partial charge in [-0.25, -0.2) is 8.78 Å². The van der Waals surface area contributed by atoms with Crippen LogP contribution in [0.2, 0.25) is 0 Å². The first-order valence-corrected chi connectivity index (χ1v) is 10.9. The number of nitrogens with zero attached hydrogens (tertiary/aromatic N) is 4. The van der Waals surface area contributed by atoms with Crippen LogP contribution in [0.25, 0.3) is 16.5 Å². The highest BCUT2D eigenvalue weighted by molar-refractivity contribution is 5.93. The highest BCUT2D eigenvalue weighted by Gasteiger charge is 2.19. The molecule has 1 aromatic heterocycles. The van der Waals surface area contributed by atoms with Crippen molar-refractivity contribution < 1.29 is 18.7 Å². The predicted molar refractivity (Wildman–Crippen MR) is 130 cm³/mol. The van der Waals surface area contributed by atoms with Crippen LogP contribution in [0.1, 0.15) is 37.8 Å². The minimum atomic E-state index is -0.689. The monoisotopic (exact) mass is 470 g/mol. The Bertz CT molecular complexity index is 1320. The van der Waals surface area contributed by atoms with Crippen molar-refractivity contribution in [3.8, 4) is 5.69 Å². The highest BCUT2D eigenvalue weighted by atomic mass is 19.1. The Morgan fingerprint density at radius 1 is 1.21 bits per heavy atom. The molecule has 1 heterocycles. The molecule has 0 saturated heterocycles. The van der Waals surface area contributed by atoms with Gasteiger partial charge in [0, 0.05) is 19.8 Å². The molecule has 0 aliphatic carbocycles. The Balaban J connectivity index is 2.25. The number of pyridine rings is 1. The fourth-order valence-corrected chi connectivity index (χ4v) is 3.88. The van der Waals surface area contributed by atoms with Crippen molar-refractivity contribution in [1.29, 1.82) is 0 Å². The van der Waals surface area contributed by atoms with E-state index < -0.39 is 23.8 Å². The summed E-state index contributed by atoms with van der Waals surface area (Å²) in [6.07, 6.45) is 2.24. The smallest absolute Gasteiger partial charge is 0.263 e. The SMILES string of the molecule is CCN(C=O)/C(CO)=N\N(C)c1cc2c(C(C)C)cn(-c3ccc(F)cc3C)c(=O)c2cc1F. The van der Waals surface area contributed by atoms with Gasteiger partial charge >= 0.3 is 0 Å². The molecule has 0 atom stereocenters. The minimum absolute atomic E-state index is 0.0131. The van der Waals surface area contributed by atoms with Gasteiger partial charge in [0.25, 0.3) is 5.56 Å². The number of amidine groups is 1. The molecule has 0 bridgehead atoms. The van der Waals surface area contributed by atoms with Gasteiger partial charge < -0.3 is 5.11 Å². The molecule has 9 heteroatoms. The first-order valence-electron chi connectivity index (χ1n) is 10.9. The number of amides is 1. The number of hydrazone groups is 1. The van der Waals surface area contributed by atoms with E-state index in [0.717, 1.165) is 11.6 Å². The predicted octanol–water partition coefficient (Wildman–Crippen LogP) is 3.92. The van der Waals surface area contributed by atoms with Crippen LogP contribution in [-0.4, -0.2) is 47.0 Å². The van der Waals surface area contributed by atoms with E-state index in [0.29, 0.717) is 23.0 Å². The van der Waals surface area contributed by atoms with Crippen molar-refractivity contribution in [2.75, 3.05) is 25.2 Å². The van der Waals surface area contributed by atoms with Gasteiger partial charge in [0.1, 0.15) is 18.2 Å². The Labute approximate surface area is 196 Å². The van der Waals surface area contributed by atoms with Gasteiger partial charge in [-0.2, -0.15) is 5.10 Å². The third-order valence-corrected chi connectivity index (χ3v) is 5.71. The van der Waals surface area contributed by atoms with Crippen molar-refractivity contribution >= 4 is 28.7 Å². The molecule has 34 heavy (non-hydrogen) atoms. The fourth-order valence-electron chi connectivity index (χ4n) is 3.88. The zero-order valence-electron chi connectivity index (χ0n) is 19.8. The van der Waals surface area contributed by atoms with Crippen LogP contribution >= 0.6 is 0 Å². The van der Waals surface area contributed by atoms with Crippen molar-refractivity contribution in [2.24, 2.45) is 5.10 Å². The van der Waals surface area contributed by atoms with Crippen LogP contribution in [0.4, 0.5) is 14.5 Å². The fraction of sp³-hybridized carbons (Fsp3) is 0.320. The van der Waals surface area contributed by atoms with Gasteiger partial charge in [-0.1, -0.05) is 13.8 Å². The average Bonchev–Trinajstić information content (AvgIpc) is 2.79. The summed E-state index contributed by atoms with van der Waals surface area (Å²) in [4.78, 5) is 25.8. The molecule has 0 unspecified atom stereocenters.